The largest absolute Gasteiger partial charge is 0.508 e. The molecule has 1 amide bonds. The molecule has 4 rings (SSSR count). The highest BCUT2D eigenvalue weighted by Gasteiger charge is 2.28. The summed E-state index contributed by atoms with van der Waals surface area (Å²) in [5.41, 5.74) is 1.63. The van der Waals surface area contributed by atoms with Crippen molar-refractivity contribution in [2.24, 2.45) is 0 Å². The monoisotopic (exact) mass is 347 g/mol. The van der Waals surface area contributed by atoms with Gasteiger partial charge in [0.05, 0.1) is 6.04 Å². The van der Waals surface area contributed by atoms with Crippen LogP contribution >= 0.6 is 0 Å². The second kappa shape index (κ2) is 7.18. The molecule has 4 heteroatoms. The van der Waals surface area contributed by atoms with E-state index in [2.05, 4.69) is 5.32 Å². The van der Waals surface area contributed by atoms with Gasteiger partial charge in [-0.15, -0.1) is 0 Å². The van der Waals surface area contributed by atoms with Gasteiger partial charge in [0.15, 0.2) is 0 Å². The molecule has 1 aliphatic heterocycles. The van der Waals surface area contributed by atoms with Crippen molar-refractivity contribution in [3.05, 3.63) is 77.9 Å². The molecule has 2 atom stereocenters. The molecule has 4 nitrogen and oxygen atoms in total. The number of aromatic hydroxyl groups is 1. The third-order valence-electron chi connectivity index (χ3n) is 4.88. The molecule has 3 aromatic rings. The molecular weight excluding hydrogens is 326 g/mol. The van der Waals surface area contributed by atoms with Crippen LogP contribution in [0, 0.1) is 0 Å². The number of rotatable bonds is 4. The lowest BCUT2D eigenvalue weighted by atomic mass is 9.92. The van der Waals surface area contributed by atoms with E-state index in [0.29, 0.717) is 12.2 Å². The molecule has 0 aliphatic carbocycles. The number of phenolic OH excluding ortho intramolecular Hbond substituents is 1. The fraction of sp³-hybridized carbons (Fsp3) is 0.227. The van der Waals surface area contributed by atoms with Gasteiger partial charge in [-0.3, -0.25) is 4.79 Å². The number of hydrogen-bond donors (Lipinski definition) is 2. The maximum atomic E-state index is 12.7. The predicted molar refractivity (Wildman–Crippen MR) is 101 cm³/mol. The summed E-state index contributed by atoms with van der Waals surface area (Å²) in [7, 11) is 0. The quantitative estimate of drug-likeness (QED) is 0.752. The minimum absolute atomic E-state index is 0.135. The molecule has 3 aromatic carbocycles. The number of benzene rings is 3. The Hall–Kier alpha value is -2.85. The number of carbonyl (C=O) groups is 1. The van der Waals surface area contributed by atoms with Crippen LogP contribution < -0.4 is 5.32 Å². The fourth-order valence-electron chi connectivity index (χ4n) is 3.57. The van der Waals surface area contributed by atoms with Gasteiger partial charge in [0.2, 0.25) is 5.91 Å². The van der Waals surface area contributed by atoms with Gasteiger partial charge in [-0.2, -0.15) is 0 Å². The van der Waals surface area contributed by atoms with Crippen molar-refractivity contribution < 1.29 is 14.6 Å². The topological polar surface area (TPSA) is 58.6 Å². The SMILES string of the molecule is O=C(N[C@@H](c1ccccc1)c1c(O)ccc2ccccc12)[C@@H]1CCCO1. The van der Waals surface area contributed by atoms with Gasteiger partial charge in [-0.05, 0) is 35.2 Å². The first kappa shape index (κ1) is 16.6. The molecule has 0 unspecified atom stereocenters. The van der Waals surface area contributed by atoms with Gasteiger partial charge in [0.25, 0.3) is 0 Å². The van der Waals surface area contributed by atoms with Crippen molar-refractivity contribution in [2.75, 3.05) is 6.61 Å². The van der Waals surface area contributed by atoms with E-state index < -0.39 is 12.1 Å². The molecule has 0 bridgehead atoms. The summed E-state index contributed by atoms with van der Waals surface area (Å²) >= 11 is 0. The van der Waals surface area contributed by atoms with E-state index in [0.717, 1.165) is 29.2 Å². The summed E-state index contributed by atoms with van der Waals surface area (Å²) in [5.74, 6) is 0.0360. The van der Waals surface area contributed by atoms with Crippen LogP contribution in [-0.2, 0) is 9.53 Å². The molecule has 26 heavy (non-hydrogen) atoms. The van der Waals surface area contributed by atoms with Crippen LogP contribution in [0.5, 0.6) is 5.75 Å². The second-order valence-corrected chi connectivity index (χ2v) is 6.57. The Morgan fingerprint density at radius 3 is 2.58 bits per heavy atom. The van der Waals surface area contributed by atoms with E-state index in [1.807, 2.05) is 60.7 Å². The van der Waals surface area contributed by atoms with Gasteiger partial charge in [-0.25, -0.2) is 0 Å². The molecular formula is C22H21NO3. The fourth-order valence-corrected chi connectivity index (χ4v) is 3.57. The number of fused-ring (bicyclic) bond motifs is 1. The second-order valence-electron chi connectivity index (χ2n) is 6.57. The Morgan fingerprint density at radius 2 is 1.81 bits per heavy atom. The summed E-state index contributed by atoms with van der Waals surface area (Å²) < 4.78 is 5.53. The van der Waals surface area contributed by atoms with E-state index in [9.17, 15) is 9.90 Å². The van der Waals surface area contributed by atoms with E-state index in [1.54, 1.807) is 6.07 Å². The van der Waals surface area contributed by atoms with Crippen LogP contribution in [0.4, 0.5) is 0 Å². The molecule has 1 heterocycles. The molecule has 1 aliphatic rings. The first-order valence-electron chi connectivity index (χ1n) is 8.91. The number of hydrogen-bond acceptors (Lipinski definition) is 3. The summed E-state index contributed by atoms with van der Waals surface area (Å²) in [6, 6.07) is 20.7. The zero-order valence-corrected chi connectivity index (χ0v) is 14.4. The highest BCUT2D eigenvalue weighted by Crippen LogP contribution is 2.36. The van der Waals surface area contributed by atoms with Gasteiger partial charge < -0.3 is 15.2 Å². The lowest BCUT2D eigenvalue weighted by Gasteiger charge is -2.24. The summed E-state index contributed by atoms with van der Waals surface area (Å²) in [4.78, 5) is 12.7. The van der Waals surface area contributed by atoms with Crippen molar-refractivity contribution >= 4 is 16.7 Å². The standard InChI is InChI=1S/C22H21NO3/c24-18-13-12-15-7-4-5-10-17(15)20(18)21(16-8-2-1-3-9-16)23-22(25)19-11-6-14-26-19/h1-5,7-10,12-13,19,21,24H,6,11,14H2,(H,23,25)/t19-,21-/m0/s1. The van der Waals surface area contributed by atoms with Crippen molar-refractivity contribution in [3.8, 4) is 5.75 Å². The lowest BCUT2D eigenvalue weighted by Crippen LogP contribution is -2.37. The first-order valence-corrected chi connectivity index (χ1v) is 8.91. The average Bonchev–Trinajstić information content (AvgIpc) is 3.22. The van der Waals surface area contributed by atoms with Crippen LogP contribution in [0.2, 0.25) is 0 Å². The highest BCUT2D eigenvalue weighted by molar-refractivity contribution is 5.90. The molecule has 0 spiro atoms. The average molecular weight is 347 g/mol. The summed E-state index contributed by atoms with van der Waals surface area (Å²) in [6.45, 7) is 0.619. The van der Waals surface area contributed by atoms with Crippen LogP contribution in [0.15, 0.2) is 66.7 Å². The Bertz CT molecular complexity index is 917. The van der Waals surface area contributed by atoms with Gasteiger partial charge >= 0.3 is 0 Å². The van der Waals surface area contributed by atoms with E-state index in [4.69, 9.17) is 4.74 Å². The lowest BCUT2D eigenvalue weighted by molar-refractivity contribution is -0.130. The Labute approximate surface area is 152 Å². The van der Waals surface area contributed by atoms with Crippen molar-refractivity contribution in [1.29, 1.82) is 0 Å². The van der Waals surface area contributed by atoms with Crippen molar-refractivity contribution in [3.63, 3.8) is 0 Å². The third-order valence-corrected chi connectivity index (χ3v) is 4.88. The van der Waals surface area contributed by atoms with Gasteiger partial charge in [0, 0.05) is 12.2 Å². The molecule has 1 saturated heterocycles. The number of phenols is 1. The van der Waals surface area contributed by atoms with Crippen LogP contribution in [-0.4, -0.2) is 23.7 Å². The maximum Gasteiger partial charge on any atom is 0.249 e. The Kier molecular flexibility index (Phi) is 4.59. The minimum atomic E-state index is -0.445. The number of carbonyl (C=O) groups excluding carboxylic acids is 1. The van der Waals surface area contributed by atoms with E-state index in [1.165, 1.54) is 0 Å². The number of amides is 1. The predicted octanol–water partition coefficient (Wildman–Crippen LogP) is 3.93. The van der Waals surface area contributed by atoms with Crippen molar-refractivity contribution in [2.45, 2.75) is 25.0 Å². The molecule has 0 radical (unpaired) electrons. The highest BCUT2D eigenvalue weighted by atomic mass is 16.5. The number of nitrogens with one attached hydrogen (secondary N) is 1. The first-order chi connectivity index (χ1) is 12.7. The van der Waals surface area contributed by atoms with Crippen LogP contribution in [0.3, 0.4) is 0 Å². The molecule has 0 saturated carbocycles. The van der Waals surface area contributed by atoms with E-state index in [-0.39, 0.29) is 11.7 Å². The van der Waals surface area contributed by atoms with Gasteiger partial charge in [0.1, 0.15) is 11.9 Å². The third kappa shape index (κ3) is 3.16. The van der Waals surface area contributed by atoms with Crippen LogP contribution in [0.1, 0.15) is 30.0 Å². The molecule has 1 fully saturated rings. The maximum absolute atomic E-state index is 12.7. The van der Waals surface area contributed by atoms with Crippen LogP contribution in [0.25, 0.3) is 10.8 Å². The smallest absolute Gasteiger partial charge is 0.249 e. The van der Waals surface area contributed by atoms with Crippen molar-refractivity contribution in [1.82, 2.24) is 5.32 Å². The molecule has 0 aromatic heterocycles. The Morgan fingerprint density at radius 1 is 1.04 bits per heavy atom. The zero-order valence-electron chi connectivity index (χ0n) is 14.4. The number of ether oxygens (including phenoxy) is 1. The minimum Gasteiger partial charge on any atom is -0.508 e. The summed E-state index contributed by atoms with van der Waals surface area (Å²) in [6.07, 6.45) is 1.21. The normalized spacial score (nSPS) is 17.9. The Balaban J connectivity index is 1.81. The molecule has 2 N–H and O–H groups in total. The molecule has 132 valence electrons. The summed E-state index contributed by atoms with van der Waals surface area (Å²) in [5, 5.41) is 15.7. The van der Waals surface area contributed by atoms with E-state index >= 15 is 0 Å². The van der Waals surface area contributed by atoms with Gasteiger partial charge in [-0.1, -0.05) is 60.7 Å². The zero-order chi connectivity index (χ0) is 17.9.